The molecular weight excluding hydrogens is 210 g/mol. The number of hydrogen-bond donors (Lipinski definition) is 1. The molecule has 0 spiro atoms. The smallest absolute Gasteiger partial charge is 0.231 e. The highest BCUT2D eigenvalue weighted by Crippen LogP contribution is 2.32. The van der Waals surface area contributed by atoms with E-state index in [2.05, 4.69) is 0 Å². The number of fused-ring (bicyclic) bond motifs is 1. The summed E-state index contributed by atoms with van der Waals surface area (Å²) in [6, 6.07) is 4.40. The topological polar surface area (TPSA) is 59.0 Å². The van der Waals surface area contributed by atoms with Crippen LogP contribution < -0.4 is 9.47 Å². The molecule has 0 amide bonds. The molecule has 0 bridgehead atoms. The zero-order valence-corrected chi connectivity index (χ0v) is 9.14. The molecule has 1 aromatic carbocycles. The van der Waals surface area contributed by atoms with Crippen molar-refractivity contribution in [3.05, 3.63) is 23.8 Å². The van der Waals surface area contributed by atoms with Crippen LogP contribution in [-0.2, 0) is 0 Å². The minimum Gasteiger partial charge on any atom is -0.454 e. The van der Waals surface area contributed by atoms with Crippen LogP contribution in [0.25, 0.3) is 0 Å². The standard InChI is InChI=1S/C11H13NO4/c1-7(12(2)14)11(13)8-3-4-9-10(5-8)16-6-15-9/h3-5,7,14H,6H2,1-2H3/t7-/m0/s1. The maximum absolute atomic E-state index is 11.9. The molecule has 86 valence electrons. The Morgan fingerprint density at radius 3 is 2.81 bits per heavy atom. The lowest BCUT2D eigenvalue weighted by Crippen LogP contribution is -2.33. The van der Waals surface area contributed by atoms with E-state index in [1.807, 2.05) is 0 Å². The lowest BCUT2D eigenvalue weighted by molar-refractivity contribution is -0.0849. The van der Waals surface area contributed by atoms with Gasteiger partial charge in [0.25, 0.3) is 0 Å². The summed E-state index contributed by atoms with van der Waals surface area (Å²) >= 11 is 0. The van der Waals surface area contributed by atoms with Crippen molar-refractivity contribution in [2.75, 3.05) is 13.8 Å². The third kappa shape index (κ3) is 1.87. The highest BCUT2D eigenvalue weighted by Gasteiger charge is 2.21. The minimum absolute atomic E-state index is 0.164. The molecule has 16 heavy (non-hydrogen) atoms. The van der Waals surface area contributed by atoms with Gasteiger partial charge in [0, 0.05) is 12.6 Å². The average Bonchev–Trinajstić information content (AvgIpc) is 2.73. The maximum Gasteiger partial charge on any atom is 0.231 e. The fraction of sp³-hybridized carbons (Fsp3) is 0.364. The molecule has 1 aromatic rings. The van der Waals surface area contributed by atoms with Crippen LogP contribution >= 0.6 is 0 Å². The van der Waals surface area contributed by atoms with E-state index in [1.54, 1.807) is 25.1 Å². The monoisotopic (exact) mass is 223 g/mol. The van der Waals surface area contributed by atoms with E-state index in [9.17, 15) is 10.0 Å². The van der Waals surface area contributed by atoms with Crippen molar-refractivity contribution < 1.29 is 19.5 Å². The van der Waals surface area contributed by atoms with E-state index >= 15 is 0 Å². The SMILES string of the molecule is C[C@@H](C(=O)c1ccc2c(c1)OCO2)N(C)O. The zero-order valence-electron chi connectivity index (χ0n) is 9.14. The second-order valence-electron chi connectivity index (χ2n) is 3.68. The number of hydroxylamine groups is 2. The number of rotatable bonds is 3. The van der Waals surface area contributed by atoms with Gasteiger partial charge in [-0.3, -0.25) is 4.79 Å². The van der Waals surface area contributed by atoms with Crippen LogP contribution in [0.2, 0.25) is 0 Å². The molecule has 0 radical (unpaired) electrons. The van der Waals surface area contributed by atoms with Crippen LogP contribution in [0.4, 0.5) is 0 Å². The Kier molecular flexibility index (Phi) is 2.80. The number of nitrogens with zero attached hydrogens (tertiary/aromatic N) is 1. The summed E-state index contributed by atoms with van der Waals surface area (Å²) in [5.41, 5.74) is 0.498. The number of hydrogen-bond acceptors (Lipinski definition) is 5. The van der Waals surface area contributed by atoms with Gasteiger partial charge in [0.05, 0.1) is 6.04 Å². The normalized spacial score (nSPS) is 15.2. The summed E-state index contributed by atoms with van der Waals surface area (Å²) in [5.74, 6) is 1.04. The van der Waals surface area contributed by atoms with Crippen molar-refractivity contribution in [2.24, 2.45) is 0 Å². The fourth-order valence-corrected chi connectivity index (χ4v) is 1.46. The molecular formula is C11H13NO4. The van der Waals surface area contributed by atoms with E-state index in [0.717, 1.165) is 5.06 Å². The first-order valence-corrected chi connectivity index (χ1v) is 4.95. The van der Waals surface area contributed by atoms with Crippen LogP contribution in [0.3, 0.4) is 0 Å². The van der Waals surface area contributed by atoms with E-state index in [0.29, 0.717) is 17.1 Å². The molecule has 0 fully saturated rings. The van der Waals surface area contributed by atoms with Crippen molar-refractivity contribution in [2.45, 2.75) is 13.0 Å². The Labute approximate surface area is 93.1 Å². The number of Topliss-reactive ketones (excluding diaryl/α,β-unsaturated/α-hetero) is 1. The Bertz CT molecular complexity index is 416. The van der Waals surface area contributed by atoms with Gasteiger partial charge in [-0.05, 0) is 25.1 Å². The number of carbonyl (C=O) groups excluding carboxylic acids is 1. The second-order valence-corrected chi connectivity index (χ2v) is 3.68. The van der Waals surface area contributed by atoms with Crippen LogP contribution in [0.1, 0.15) is 17.3 Å². The summed E-state index contributed by atoms with van der Waals surface area (Å²) in [6.45, 7) is 1.81. The van der Waals surface area contributed by atoms with Crippen molar-refractivity contribution in [1.29, 1.82) is 0 Å². The molecule has 2 rings (SSSR count). The first-order valence-electron chi connectivity index (χ1n) is 4.95. The van der Waals surface area contributed by atoms with Crippen molar-refractivity contribution in [3.8, 4) is 11.5 Å². The summed E-state index contributed by atoms with van der Waals surface area (Å²) in [7, 11) is 1.44. The van der Waals surface area contributed by atoms with Crippen molar-refractivity contribution in [3.63, 3.8) is 0 Å². The molecule has 0 aliphatic carbocycles. The van der Waals surface area contributed by atoms with Gasteiger partial charge in [-0.15, -0.1) is 0 Å². The van der Waals surface area contributed by atoms with Gasteiger partial charge in [0.2, 0.25) is 6.79 Å². The molecule has 1 atom stereocenters. The first-order chi connectivity index (χ1) is 7.59. The van der Waals surface area contributed by atoms with Crippen molar-refractivity contribution >= 4 is 5.78 Å². The number of ketones is 1. The molecule has 1 N–H and O–H groups in total. The molecule has 0 unspecified atom stereocenters. The molecule has 0 saturated heterocycles. The van der Waals surface area contributed by atoms with Crippen LogP contribution in [0.5, 0.6) is 11.5 Å². The number of carbonyl (C=O) groups is 1. The van der Waals surface area contributed by atoms with Gasteiger partial charge < -0.3 is 14.7 Å². The zero-order chi connectivity index (χ0) is 11.7. The minimum atomic E-state index is -0.583. The number of benzene rings is 1. The van der Waals surface area contributed by atoms with Gasteiger partial charge in [-0.1, -0.05) is 0 Å². The summed E-state index contributed by atoms with van der Waals surface area (Å²) in [5, 5.41) is 10.1. The molecule has 0 saturated carbocycles. The molecule has 5 heteroatoms. The van der Waals surface area contributed by atoms with Crippen molar-refractivity contribution in [1.82, 2.24) is 5.06 Å². The average molecular weight is 223 g/mol. The number of likely N-dealkylation sites (N-methyl/N-ethyl adjacent to an activating group) is 1. The Balaban J connectivity index is 2.25. The molecule has 0 aromatic heterocycles. The van der Waals surface area contributed by atoms with Crippen LogP contribution in [0.15, 0.2) is 18.2 Å². The van der Waals surface area contributed by atoms with Gasteiger partial charge in [0.15, 0.2) is 17.3 Å². The molecule has 1 aliphatic rings. The van der Waals surface area contributed by atoms with E-state index in [-0.39, 0.29) is 12.6 Å². The third-order valence-electron chi connectivity index (χ3n) is 2.60. The lowest BCUT2D eigenvalue weighted by atomic mass is 10.0. The number of ether oxygens (including phenoxy) is 2. The Morgan fingerprint density at radius 1 is 1.44 bits per heavy atom. The van der Waals surface area contributed by atoms with Gasteiger partial charge in [0.1, 0.15) is 0 Å². The lowest BCUT2D eigenvalue weighted by Gasteiger charge is -2.16. The summed E-state index contributed by atoms with van der Waals surface area (Å²) < 4.78 is 10.3. The highest BCUT2D eigenvalue weighted by atomic mass is 16.7. The predicted octanol–water partition coefficient (Wildman–Crippen LogP) is 1.31. The first kappa shape index (κ1) is 10.9. The quantitative estimate of drug-likeness (QED) is 0.618. The maximum atomic E-state index is 11.9. The summed E-state index contributed by atoms with van der Waals surface area (Å²) in [6.07, 6.45) is 0. The van der Waals surface area contributed by atoms with E-state index in [4.69, 9.17) is 9.47 Å². The van der Waals surface area contributed by atoms with E-state index in [1.165, 1.54) is 7.05 Å². The predicted molar refractivity (Wildman–Crippen MR) is 55.9 cm³/mol. The molecule has 1 heterocycles. The molecule has 5 nitrogen and oxygen atoms in total. The Morgan fingerprint density at radius 2 is 2.12 bits per heavy atom. The van der Waals surface area contributed by atoms with Gasteiger partial charge >= 0.3 is 0 Å². The fourth-order valence-electron chi connectivity index (χ4n) is 1.46. The molecule has 1 aliphatic heterocycles. The van der Waals surface area contributed by atoms with Crippen LogP contribution in [-0.4, -0.2) is 35.9 Å². The van der Waals surface area contributed by atoms with E-state index < -0.39 is 6.04 Å². The Hall–Kier alpha value is -1.59. The summed E-state index contributed by atoms with van der Waals surface area (Å²) in [4.78, 5) is 11.9. The van der Waals surface area contributed by atoms with Gasteiger partial charge in [-0.2, -0.15) is 5.06 Å². The third-order valence-corrected chi connectivity index (χ3v) is 2.60. The highest BCUT2D eigenvalue weighted by molar-refractivity contribution is 6.00. The van der Waals surface area contributed by atoms with Gasteiger partial charge in [-0.25, -0.2) is 0 Å². The van der Waals surface area contributed by atoms with Crippen LogP contribution in [0, 0.1) is 0 Å². The largest absolute Gasteiger partial charge is 0.454 e. The second kappa shape index (κ2) is 4.11.